The molecule has 0 unspecified atom stereocenters. The average Bonchev–Trinajstić information content (AvgIpc) is 3.02. The molecule has 0 atom stereocenters. The lowest BCUT2D eigenvalue weighted by molar-refractivity contribution is -0.140. The summed E-state index contributed by atoms with van der Waals surface area (Å²) in [5.41, 5.74) is 4.05. The maximum absolute atomic E-state index is 13.0. The Balaban J connectivity index is 2.27. The summed E-state index contributed by atoms with van der Waals surface area (Å²) in [6, 6.07) is 6.19. The van der Waals surface area contributed by atoms with Crippen LogP contribution in [-0.2, 0) is 14.3 Å². The number of methoxy groups -OCH3 is 2. The van der Waals surface area contributed by atoms with Gasteiger partial charge < -0.3 is 14.4 Å². The van der Waals surface area contributed by atoms with Crippen LogP contribution in [0.2, 0.25) is 0 Å². The maximum Gasteiger partial charge on any atom is 0.307 e. The van der Waals surface area contributed by atoms with Gasteiger partial charge in [-0.3, -0.25) is 9.59 Å². The minimum absolute atomic E-state index is 0.137. The van der Waals surface area contributed by atoms with Crippen molar-refractivity contribution < 1.29 is 19.1 Å². The molecule has 146 valence electrons. The van der Waals surface area contributed by atoms with Crippen LogP contribution in [-0.4, -0.2) is 55.7 Å². The number of ether oxygens (including phenoxy) is 2. The van der Waals surface area contributed by atoms with Crippen LogP contribution in [0.1, 0.15) is 32.9 Å². The Morgan fingerprint density at radius 1 is 1.15 bits per heavy atom. The first kappa shape index (κ1) is 21.1. The number of aryl methyl sites for hydroxylation is 3. The Bertz CT molecular complexity index is 816. The third kappa shape index (κ3) is 5.37. The number of carbonyl (C=O) groups is 2. The lowest BCUT2D eigenvalue weighted by atomic mass is 10.1. The Morgan fingerprint density at radius 2 is 1.89 bits per heavy atom. The molecule has 1 aromatic carbocycles. The Kier molecular flexibility index (Phi) is 7.50. The third-order valence-electron chi connectivity index (χ3n) is 4.27. The summed E-state index contributed by atoms with van der Waals surface area (Å²) >= 11 is 1.38. The van der Waals surface area contributed by atoms with E-state index in [-0.39, 0.29) is 24.8 Å². The van der Waals surface area contributed by atoms with E-state index < -0.39 is 0 Å². The van der Waals surface area contributed by atoms with Gasteiger partial charge in [0.05, 0.1) is 25.8 Å². The van der Waals surface area contributed by atoms with Gasteiger partial charge in [0.25, 0.3) is 5.91 Å². The molecule has 6 nitrogen and oxygen atoms in total. The first-order chi connectivity index (χ1) is 12.9. The molecule has 1 heterocycles. The van der Waals surface area contributed by atoms with E-state index in [9.17, 15) is 9.59 Å². The van der Waals surface area contributed by atoms with Crippen molar-refractivity contribution in [2.24, 2.45) is 0 Å². The lowest BCUT2D eigenvalue weighted by Crippen LogP contribution is -2.35. The fourth-order valence-electron chi connectivity index (χ4n) is 2.75. The number of thiazole rings is 1. The van der Waals surface area contributed by atoms with Crippen LogP contribution in [0.25, 0.3) is 10.6 Å². The summed E-state index contributed by atoms with van der Waals surface area (Å²) in [6.45, 7) is 7.02. The van der Waals surface area contributed by atoms with Crippen molar-refractivity contribution in [1.82, 2.24) is 9.88 Å². The lowest BCUT2D eigenvalue weighted by Gasteiger charge is -2.21. The van der Waals surface area contributed by atoms with Crippen molar-refractivity contribution >= 4 is 23.2 Å². The van der Waals surface area contributed by atoms with Crippen LogP contribution in [0.4, 0.5) is 0 Å². The number of hydrogen-bond donors (Lipinski definition) is 0. The second kappa shape index (κ2) is 9.62. The molecule has 0 aliphatic rings. The molecule has 0 aliphatic carbocycles. The number of esters is 1. The maximum atomic E-state index is 13.0. The fraction of sp³-hybridized carbons (Fsp3) is 0.450. The van der Waals surface area contributed by atoms with Crippen LogP contribution in [0.15, 0.2) is 18.2 Å². The van der Waals surface area contributed by atoms with E-state index >= 15 is 0 Å². The van der Waals surface area contributed by atoms with E-state index in [2.05, 4.69) is 15.8 Å². The van der Waals surface area contributed by atoms with Gasteiger partial charge in [-0.1, -0.05) is 23.8 Å². The third-order valence-corrected chi connectivity index (χ3v) is 5.45. The van der Waals surface area contributed by atoms with Crippen LogP contribution in [0, 0.1) is 20.8 Å². The Hall–Kier alpha value is -2.25. The number of carbonyl (C=O) groups excluding carboxylic acids is 2. The quantitative estimate of drug-likeness (QED) is 0.646. The highest BCUT2D eigenvalue weighted by atomic mass is 32.1. The first-order valence-electron chi connectivity index (χ1n) is 8.77. The summed E-state index contributed by atoms with van der Waals surface area (Å²) < 4.78 is 9.78. The van der Waals surface area contributed by atoms with E-state index in [0.717, 1.165) is 16.1 Å². The van der Waals surface area contributed by atoms with Crippen molar-refractivity contribution in [2.45, 2.75) is 27.2 Å². The first-order valence-corrected chi connectivity index (χ1v) is 9.59. The molecular weight excluding hydrogens is 364 g/mol. The van der Waals surface area contributed by atoms with Crippen molar-refractivity contribution in [2.75, 3.05) is 33.9 Å². The number of rotatable bonds is 8. The standard InChI is InChI=1S/C20H26N2O4S/c1-13-6-7-16(14(2)12-13)19-21-15(3)18(27-19)20(24)22(10-11-25-4)9-8-17(23)26-5/h6-7,12H,8-11H2,1-5H3. The van der Waals surface area contributed by atoms with Crippen LogP contribution < -0.4 is 0 Å². The summed E-state index contributed by atoms with van der Waals surface area (Å²) in [4.78, 5) is 31.3. The smallest absolute Gasteiger partial charge is 0.307 e. The minimum Gasteiger partial charge on any atom is -0.469 e. The number of amides is 1. The summed E-state index contributed by atoms with van der Waals surface area (Å²) in [6.07, 6.45) is 0.147. The zero-order valence-corrected chi connectivity index (χ0v) is 17.3. The number of benzene rings is 1. The minimum atomic E-state index is -0.345. The molecule has 0 fully saturated rings. The van der Waals surface area contributed by atoms with Gasteiger partial charge in [-0.2, -0.15) is 0 Å². The van der Waals surface area contributed by atoms with E-state index in [1.807, 2.05) is 32.9 Å². The van der Waals surface area contributed by atoms with Gasteiger partial charge in [-0.05, 0) is 26.3 Å². The van der Waals surface area contributed by atoms with Gasteiger partial charge >= 0.3 is 5.97 Å². The number of aromatic nitrogens is 1. The Labute approximate surface area is 164 Å². The number of hydrogen-bond acceptors (Lipinski definition) is 6. The van der Waals surface area contributed by atoms with E-state index in [1.54, 1.807) is 12.0 Å². The molecule has 0 saturated heterocycles. The number of nitrogens with zero attached hydrogens (tertiary/aromatic N) is 2. The largest absolute Gasteiger partial charge is 0.469 e. The highest BCUT2D eigenvalue weighted by Crippen LogP contribution is 2.31. The second-order valence-electron chi connectivity index (χ2n) is 6.36. The second-order valence-corrected chi connectivity index (χ2v) is 7.36. The van der Waals surface area contributed by atoms with Gasteiger partial charge in [0.1, 0.15) is 9.88 Å². The fourth-order valence-corrected chi connectivity index (χ4v) is 3.88. The molecule has 0 aliphatic heterocycles. The van der Waals surface area contributed by atoms with Crippen LogP contribution >= 0.6 is 11.3 Å². The van der Waals surface area contributed by atoms with Crippen molar-refractivity contribution in [3.63, 3.8) is 0 Å². The van der Waals surface area contributed by atoms with E-state index in [0.29, 0.717) is 23.7 Å². The molecule has 2 rings (SSSR count). The average molecular weight is 391 g/mol. The molecule has 1 amide bonds. The van der Waals surface area contributed by atoms with Crippen molar-refractivity contribution in [3.8, 4) is 10.6 Å². The SMILES string of the molecule is COCCN(CCC(=O)OC)C(=O)c1sc(-c2ccc(C)cc2C)nc1C. The van der Waals surface area contributed by atoms with Crippen LogP contribution in [0.3, 0.4) is 0 Å². The zero-order chi connectivity index (χ0) is 20.0. The zero-order valence-electron chi connectivity index (χ0n) is 16.5. The normalized spacial score (nSPS) is 10.7. The molecule has 0 bridgehead atoms. The Morgan fingerprint density at radius 3 is 2.52 bits per heavy atom. The molecule has 1 aromatic heterocycles. The van der Waals surface area contributed by atoms with E-state index in [1.165, 1.54) is 24.0 Å². The van der Waals surface area contributed by atoms with Crippen molar-refractivity contribution in [1.29, 1.82) is 0 Å². The molecule has 2 aromatic rings. The topological polar surface area (TPSA) is 68.7 Å². The predicted molar refractivity (Wildman–Crippen MR) is 106 cm³/mol. The predicted octanol–water partition coefficient (Wildman–Crippen LogP) is 3.39. The van der Waals surface area contributed by atoms with Gasteiger partial charge in [0, 0.05) is 25.8 Å². The van der Waals surface area contributed by atoms with E-state index in [4.69, 9.17) is 4.74 Å². The van der Waals surface area contributed by atoms with Gasteiger partial charge in [0.2, 0.25) is 0 Å². The molecule has 7 heteroatoms. The van der Waals surface area contributed by atoms with Gasteiger partial charge in [-0.25, -0.2) is 4.98 Å². The summed E-state index contributed by atoms with van der Waals surface area (Å²) in [5.74, 6) is -0.482. The highest BCUT2D eigenvalue weighted by molar-refractivity contribution is 7.17. The molecule has 0 spiro atoms. The summed E-state index contributed by atoms with van der Waals surface area (Å²) in [5, 5.41) is 0.827. The molecular formula is C20H26N2O4S. The molecule has 0 N–H and O–H groups in total. The summed E-state index contributed by atoms with van der Waals surface area (Å²) in [7, 11) is 2.92. The van der Waals surface area contributed by atoms with Gasteiger partial charge in [0.15, 0.2) is 0 Å². The molecule has 0 radical (unpaired) electrons. The van der Waals surface area contributed by atoms with Gasteiger partial charge in [-0.15, -0.1) is 11.3 Å². The monoisotopic (exact) mass is 390 g/mol. The highest BCUT2D eigenvalue weighted by Gasteiger charge is 2.23. The molecule has 27 heavy (non-hydrogen) atoms. The van der Waals surface area contributed by atoms with Crippen LogP contribution in [0.5, 0.6) is 0 Å². The molecule has 0 saturated carbocycles. The van der Waals surface area contributed by atoms with Crippen molar-refractivity contribution in [3.05, 3.63) is 39.9 Å².